The van der Waals surface area contributed by atoms with Crippen molar-refractivity contribution in [3.63, 3.8) is 0 Å². The Bertz CT molecular complexity index is 865. The SMILES string of the molecule is O=C(O)c1c(Br)c([O-])c(Cc2c([O-])c(Br)c(C(=O)O)c(Br)c2O)c(O)c1Br. The summed E-state index contributed by atoms with van der Waals surface area (Å²) in [5.74, 6) is -6.18. The molecule has 0 atom stereocenters. The molecule has 2 aromatic rings. The number of carbonyl (C=O) groups is 2. The van der Waals surface area contributed by atoms with E-state index < -0.39 is 52.5 Å². The average Bonchev–Trinajstić information content (AvgIpc) is 2.57. The third-order valence-corrected chi connectivity index (χ3v) is 6.65. The van der Waals surface area contributed by atoms with Gasteiger partial charge in [0, 0.05) is 15.4 Å². The monoisotopic (exact) mass is 630 g/mol. The van der Waals surface area contributed by atoms with Crippen molar-refractivity contribution in [3.8, 4) is 23.0 Å². The molecule has 27 heavy (non-hydrogen) atoms. The molecule has 0 aromatic heterocycles. The third-order valence-electron chi connectivity index (χ3n) is 3.59. The second-order valence-electron chi connectivity index (χ2n) is 5.11. The van der Waals surface area contributed by atoms with Gasteiger partial charge in [0.25, 0.3) is 0 Å². The topological polar surface area (TPSA) is 161 Å². The summed E-state index contributed by atoms with van der Waals surface area (Å²) in [4.78, 5) is 22.5. The van der Waals surface area contributed by atoms with Crippen LogP contribution in [0, 0.1) is 0 Å². The van der Waals surface area contributed by atoms with Gasteiger partial charge in [0.15, 0.2) is 0 Å². The normalized spacial score (nSPS) is 10.8. The molecule has 0 aliphatic carbocycles. The number of carboxylic acid groups (broad SMARTS) is 2. The van der Waals surface area contributed by atoms with Crippen molar-refractivity contribution < 1.29 is 40.2 Å². The van der Waals surface area contributed by atoms with Gasteiger partial charge < -0.3 is 30.6 Å². The minimum Gasteiger partial charge on any atom is -0.871 e. The maximum absolute atomic E-state index is 12.4. The summed E-state index contributed by atoms with van der Waals surface area (Å²) in [5.41, 5.74) is -1.74. The summed E-state index contributed by atoms with van der Waals surface area (Å²) in [6, 6.07) is 0. The van der Waals surface area contributed by atoms with Crippen molar-refractivity contribution in [2.75, 3.05) is 0 Å². The number of phenolic OH excluding ortho intramolecular Hbond substituents is 2. The summed E-state index contributed by atoms with van der Waals surface area (Å²) in [7, 11) is 0. The highest BCUT2D eigenvalue weighted by Crippen LogP contribution is 2.48. The van der Waals surface area contributed by atoms with Crippen molar-refractivity contribution in [2.24, 2.45) is 0 Å². The number of carboxylic acids is 2. The van der Waals surface area contributed by atoms with Gasteiger partial charge in [0.05, 0.1) is 20.1 Å². The predicted octanol–water partition coefficient (Wildman–Crippen LogP) is 3.28. The molecule has 12 heteroatoms. The minimum atomic E-state index is -1.48. The predicted molar refractivity (Wildman–Crippen MR) is 103 cm³/mol. The van der Waals surface area contributed by atoms with Gasteiger partial charge in [-0.05, 0) is 43.0 Å². The number of hydrogen-bond acceptors (Lipinski definition) is 6. The van der Waals surface area contributed by atoms with Crippen LogP contribution in [0.15, 0.2) is 17.9 Å². The zero-order valence-corrected chi connectivity index (χ0v) is 19.0. The second-order valence-corrected chi connectivity index (χ2v) is 8.28. The molecule has 2 rings (SSSR count). The zero-order valence-electron chi connectivity index (χ0n) is 12.6. The van der Waals surface area contributed by atoms with Gasteiger partial charge in [-0.15, -0.1) is 0 Å². The average molecular weight is 634 g/mol. The number of phenols is 2. The van der Waals surface area contributed by atoms with Crippen LogP contribution in [0.25, 0.3) is 0 Å². The molecule has 0 fully saturated rings. The molecular weight excluding hydrogens is 628 g/mol. The lowest BCUT2D eigenvalue weighted by Gasteiger charge is -2.25. The Labute approximate surface area is 184 Å². The number of benzene rings is 2. The van der Waals surface area contributed by atoms with Crippen molar-refractivity contribution >= 4 is 75.7 Å². The largest absolute Gasteiger partial charge is 0.871 e. The highest BCUT2D eigenvalue weighted by Gasteiger charge is 2.25. The van der Waals surface area contributed by atoms with Crippen LogP contribution in [-0.4, -0.2) is 32.4 Å². The quantitative estimate of drug-likeness (QED) is 0.399. The van der Waals surface area contributed by atoms with E-state index in [9.17, 15) is 30.0 Å². The molecule has 0 amide bonds. The molecule has 0 saturated heterocycles. The number of hydrogen-bond donors (Lipinski definition) is 4. The Morgan fingerprint density at radius 3 is 1.26 bits per heavy atom. The maximum atomic E-state index is 12.4. The number of rotatable bonds is 4. The van der Waals surface area contributed by atoms with E-state index in [0.717, 1.165) is 0 Å². The molecule has 0 spiro atoms. The number of aromatic carboxylic acids is 2. The Balaban J connectivity index is 2.76. The lowest BCUT2D eigenvalue weighted by Crippen LogP contribution is -2.10. The van der Waals surface area contributed by atoms with Gasteiger partial charge in [0.2, 0.25) is 0 Å². The van der Waals surface area contributed by atoms with E-state index in [2.05, 4.69) is 63.7 Å². The molecule has 0 aliphatic heterocycles. The van der Waals surface area contributed by atoms with E-state index >= 15 is 0 Å². The van der Waals surface area contributed by atoms with Gasteiger partial charge in [-0.25, -0.2) is 9.59 Å². The van der Waals surface area contributed by atoms with Crippen LogP contribution >= 0.6 is 63.7 Å². The van der Waals surface area contributed by atoms with E-state index in [1.165, 1.54) is 0 Å². The summed E-state index contributed by atoms with van der Waals surface area (Å²) >= 11 is 11.5. The Morgan fingerprint density at radius 2 is 1.00 bits per heavy atom. The molecule has 4 N–H and O–H groups in total. The van der Waals surface area contributed by atoms with E-state index in [-0.39, 0.29) is 29.0 Å². The number of halogens is 4. The van der Waals surface area contributed by atoms with Gasteiger partial charge in [-0.1, -0.05) is 43.4 Å². The zero-order chi connectivity index (χ0) is 20.8. The third kappa shape index (κ3) is 3.62. The Morgan fingerprint density at radius 1 is 0.704 bits per heavy atom. The van der Waals surface area contributed by atoms with Crippen molar-refractivity contribution in [1.29, 1.82) is 0 Å². The molecule has 0 radical (unpaired) electrons. The van der Waals surface area contributed by atoms with Gasteiger partial charge in [0.1, 0.15) is 11.5 Å². The van der Waals surface area contributed by atoms with E-state index in [0.29, 0.717) is 0 Å². The smallest absolute Gasteiger partial charge is 0.338 e. The summed E-state index contributed by atoms with van der Waals surface area (Å²) in [5, 5.41) is 63.6. The van der Waals surface area contributed by atoms with Crippen molar-refractivity contribution in [2.45, 2.75) is 6.42 Å². The van der Waals surface area contributed by atoms with E-state index in [4.69, 9.17) is 10.2 Å². The first-order valence-corrected chi connectivity index (χ1v) is 9.85. The van der Waals surface area contributed by atoms with Crippen LogP contribution in [0.1, 0.15) is 31.8 Å². The lowest BCUT2D eigenvalue weighted by molar-refractivity contribution is -0.271. The van der Waals surface area contributed by atoms with Crippen LogP contribution in [0.5, 0.6) is 23.0 Å². The van der Waals surface area contributed by atoms with E-state index in [1.807, 2.05) is 0 Å². The summed E-state index contributed by atoms with van der Waals surface area (Å²) in [6.45, 7) is 0. The summed E-state index contributed by atoms with van der Waals surface area (Å²) < 4.78 is -1.30. The first kappa shape index (κ1) is 21.8. The first-order valence-electron chi connectivity index (χ1n) is 6.67. The van der Waals surface area contributed by atoms with Crippen LogP contribution in [0.4, 0.5) is 0 Å². The van der Waals surface area contributed by atoms with Gasteiger partial charge >= 0.3 is 11.9 Å². The molecule has 0 aliphatic rings. The highest BCUT2D eigenvalue weighted by atomic mass is 79.9. The highest BCUT2D eigenvalue weighted by molar-refractivity contribution is 9.11. The minimum absolute atomic E-state index is 0.288. The second kappa shape index (κ2) is 7.86. The van der Waals surface area contributed by atoms with E-state index in [1.54, 1.807) is 0 Å². The number of aromatic hydroxyl groups is 2. The lowest BCUT2D eigenvalue weighted by atomic mass is 9.98. The molecule has 2 aromatic carbocycles. The molecular formula is C15H6Br4O8-2. The molecule has 0 heterocycles. The fourth-order valence-corrected chi connectivity index (χ4v) is 5.24. The fraction of sp³-hybridized carbons (Fsp3) is 0.0667. The van der Waals surface area contributed by atoms with Crippen LogP contribution in [0.3, 0.4) is 0 Å². The molecule has 0 bridgehead atoms. The van der Waals surface area contributed by atoms with Gasteiger partial charge in [-0.3, -0.25) is 0 Å². The first-order chi connectivity index (χ1) is 12.4. The molecule has 8 nitrogen and oxygen atoms in total. The molecule has 144 valence electrons. The maximum Gasteiger partial charge on any atom is 0.338 e. The van der Waals surface area contributed by atoms with Crippen LogP contribution in [-0.2, 0) is 6.42 Å². The Kier molecular flexibility index (Phi) is 6.34. The van der Waals surface area contributed by atoms with Crippen LogP contribution in [0.2, 0.25) is 0 Å². The molecule has 0 saturated carbocycles. The Hall–Kier alpha value is -1.50. The summed E-state index contributed by atoms with van der Waals surface area (Å²) in [6.07, 6.45) is -0.580. The van der Waals surface area contributed by atoms with Crippen LogP contribution < -0.4 is 10.2 Å². The van der Waals surface area contributed by atoms with Crippen molar-refractivity contribution in [1.82, 2.24) is 0 Å². The van der Waals surface area contributed by atoms with Gasteiger partial charge in [-0.2, -0.15) is 0 Å². The standard InChI is InChI=1S/C15H8Br4O8/c16-6-4(14(24)25)7(17)11(21)2(10(6)20)1-3-12(22)8(18)5(15(26)27)9(19)13(3)23/h20-23H,1H2,(H,24,25)(H,26,27)/p-2. The van der Waals surface area contributed by atoms with Crippen molar-refractivity contribution in [3.05, 3.63) is 40.1 Å². The molecule has 0 unspecified atom stereocenters. The fourth-order valence-electron chi connectivity index (χ4n) is 2.28.